The topological polar surface area (TPSA) is 228 Å². The van der Waals surface area contributed by atoms with Gasteiger partial charge in [0.1, 0.15) is 22.8 Å². The Hall–Kier alpha value is -5.09. The van der Waals surface area contributed by atoms with E-state index in [-0.39, 0.29) is 58.1 Å². The Morgan fingerprint density at radius 2 is 1.83 bits per heavy atom. The van der Waals surface area contributed by atoms with Crippen molar-refractivity contribution in [3.8, 4) is 17.2 Å². The average Bonchev–Trinajstić information content (AvgIpc) is 3.12. The number of hydrazone groups is 1. The van der Waals surface area contributed by atoms with Crippen LogP contribution in [0.5, 0.6) is 17.2 Å². The summed E-state index contributed by atoms with van der Waals surface area (Å²) in [5.41, 5.74) is 11.1. The van der Waals surface area contributed by atoms with Crippen LogP contribution in [0.4, 0.5) is 0 Å². The summed E-state index contributed by atoms with van der Waals surface area (Å²) in [5.74, 6) is -2.59. The van der Waals surface area contributed by atoms with E-state index in [4.69, 9.17) is 32.0 Å². The van der Waals surface area contributed by atoms with Gasteiger partial charge in [-0.1, -0.05) is 47.1 Å². The number of thiocarbonyl (C=S) groups is 1. The van der Waals surface area contributed by atoms with E-state index in [1.165, 1.54) is 32.2 Å². The zero-order chi connectivity index (χ0) is 37.5. The second kappa shape index (κ2) is 14.5. The summed E-state index contributed by atoms with van der Waals surface area (Å²) < 4.78 is 17.6. The van der Waals surface area contributed by atoms with Crippen molar-refractivity contribution >= 4 is 34.6 Å². The molecule has 1 fully saturated rings. The SMILES string of the molecule is COc1cccc2c1C(=O)c1c(O)c3c(c(O)c1C2=O)C[C@@](O)(/C(C)=N/NC(=S)NCc1ccc(C)cc1)C[C@@H]3O[C@H]1C[C@H](N=[N+]=[N-])[C@H](O)[C@H](C)O1. The van der Waals surface area contributed by atoms with Gasteiger partial charge in [0.15, 0.2) is 17.2 Å². The highest BCUT2D eigenvalue weighted by Crippen LogP contribution is 2.52. The number of aliphatic hydroxyl groups excluding tert-OH is 1. The molecule has 6 N–H and O–H groups in total. The lowest BCUT2D eigenvalue weighted by molar-refractivity contribution is -0.245. The van der Waals surface area contributed by atoms with Crippen LogP contribution in [0, 0.1) is 6.92 Å². The van der Waals surface area contributed by atoms with Crippen LogP contribution in [0.2, 0.25) is 0 Å². The Labute approximate surface area is 303 Å². The van der Waals surface area contributed by atoms with Crippen LogP contribution in [0.15, 0.2) is 52.7 Å². The van der Waals surface area contributed by atoms with E-state index in [0.717, 1.165) is 11.1 Å². The van der Waals surface area contributed by atoms with Crippen molar-refractivity contribution in [3.05, 3.63) is 97.4 Å². The number of aliphatic hydroxyl groups is 2. The standard InChI is InChI=1S/C36H38N6O9S/c1-16-8-10-19(11-9-16)15-38-35(52)41-39-18(3)36(48)13-21-27(24(14-36)51-25-12-22(40-42-37)30(43)17(2)50-25)34(47)29-28(32(21)45)31(44)20-6-5-7-23(49-4)26(20)33(29)46/h5-11,17,22,24-25,30,43,45,47-48H,12-15H2,1-4H3,(H2,38,41,52)/b39-18+/t17-,22-,24-,25-,30+,36-/m0/s1. The van der Waals surface area contributed by atoms with E-state index < -0.39 is 70.4 Å². The monoisotopic (exact) mass is 730 g/mol. The molecule has 0 spiro atoms. The number of carbonyl (C=O) groups is 2. The minimum atomic E-state index is -1.86. The zero-order valence-electron chi connectivity index (χ0n) is 28.8. The van der Waals surface area contributed by atoms with Gasteiger partial charge >= 0.3 is 0 Å². The third kappa shape index (κ3) is 6.67. The average molecular weight is 731 g/mol. The zero-order valence-corrected chi connectivity index (χ0v) is 29.6. The largest absolute Gasteiger partial charge is 0.507 e. The molecule has 16 heteroatoms. The van der Waals surface area contributed by atoms with E-state index in [2.05, 4.69) is 25.9 Å². The van der Waals surface area contributed by atoms with Crippen molar-refractivity contribution in [3.63, 3.8) is 0 Å². The number of nitrogens with one attached hydrogen (secondary N) is 2. The Morgan fingerprint density at radius 3 is 2.52 bits per heavy atom. The van der Waals surface area contributed by atoms with Gasteiger partial charge in [0.05, 0.1) is 53.9 Å². The van der Waals surface area contributed by atoms with Gasteiger partial charge in [-0.3, -0.25) is 15.0 Å². The van der Waals surface area contributed by atoms with Crippen LogP contribution in [-0.4, -0.2) is 80.1 Å². The molecule has 52 heavy (non-hydrogen) atoms. The first-order valence-corrected chi connectivity index (χ1v) is 17.0. The number of carbonyl (C=O) groups excluding carboxylic acids is 2. The maximum Gasteiger partial charge on any atom is 0.202 e. The molecular weight excluding hydrogens is 692 g/mol. The number of phenolic OH excluding ortho intramolecular Hbond substituents is 2. The number of phenols is 2. The molecule has 1 heterocycles. The minimum absolute atomic E-state index is 0.0220. The van der Waals surface area contributed by atoms with E-state index in [1.807, 2.05) is 31.2 Å². The Morgan fingerprint density at radius 1 is 1.12 bits per heavy atom. The summed E-state index contributed by atoms with van der Waals surface area (Å²) in [4.78, 5) is 30.7. The normalized spacial score (nSPS) is 25.3. The van der Waals surface area contributed by atoms with Crippen molar-refractivity contribution in [1.29, 1.82) is 0 Å². The number of aryl methyl sites for hydroxylation is 1. The van der Waals surface area contributed by atoms with Crippen molar-refractivity contribution in [2.45, 2.75) is 82.8 Å². The van der Waals surface area contributed by atoms with Gasteiger partial charge in [-0.2, -0.15) is 5.10 Å². The predicted molar refractivity (Wildman–Crippen MR) is 191 cm³/mol. The molecule has 0 amide bonds. The number of rotatable bonds is 8. The van der Waals surface area contributed by atoms with Gasteiger partial charge in [-0.05, 0) is 50.2 Å². The molecule has 6 rings (SSSR count). The molecule has 272 valence electrons. The highest BCUT2D eigenvalue weighted by Gasteiger charge is 2.49. The fourth-order valence-electron chi connectivity index (χ4n) is 6.95. The van der Waals surface area contributed by atoms with E-state index >= 15 is 0 Å². The summed E-state index contributed by atoms with van der Waals surface area (Å²) in [6, 6.07) is 11.4. The summed E-state index contributed by atoms with van der Waals surface area (Å²) in [7, 11) is 1.34. The van der Waals surface area contributed by atoms with Crippen molar-refractivity contribution in [1.82, 2.24) is 10.7 Å². The predicted octanol–water partition coefficient (Wildman–Crippen LogP) is 4.14. The van der Waals surface area contributed by atoms with Crippen LogP contribution in [0.25, 0.3) is 10.4 Å². The van der Waals surface area contributed by atoms with Crippen LogP contribution in [0.3, 0.4) is 0 Å². The van der Waals surface area contributed by atoms with Gasteiger partial charge in [0.25, 0.3) is 0 Å². The Balaban J connectivity index is 1.38. The van der Waals surface area contributed by atoms with Crippen LogP contribution < -0.4 is 15.5 Å². The van der Waals surface area contributed by atoms with Crippen molar-refractivity contribution in [2.24, 2.45) is 10.2 Å². The number of azide groups is 1. The lowest BCUT2D eigenvalue weighted by Gasteiger charge is -2.42. The van der Waals surface area contributed by atoms with Gasteiger partial charge in [0, 0.05) is 47.4 Å². The number of aromatic hydroxyl groups is 2. The molecule has 0 unspecified atom stereocenters. The first-order chi connectivity index (χ1) is 24.8. The summed E-state index contributed by atoms with van der Waals surface area (Å²) in [6.45, 7) is 5.51. The Kier molecular flexibility index (Phi) is 10.2. The maximum absolute atomic E-state index is 14.0. The number of nitrogens with zero attached hydrogens (tertiary/aromatic N) is 4. The van der Waals surface area contributed by atoms with Crippen molar-refractivity contribution < 1.29 is 44.2 Å². The molecule has 0 radical (unpaired) electrons. The lowest BCUT2D eigenvalue weighted by atomic mass is 9.72. The van der Waals surface area contributed by atoms with Crippen LogP contribution in [0.1, 0.15) is 86.9 Å². The molecule has 0 aromatic heterocycles. The highest BCUT2D eigenvalue weighted by molar-refractivity contribution is 7.80. The van der Waals surface area contributed by atoms with Gasteiger partial charge < -0.3 is 40.0 Å². The molecule has 15 nitrogen and oxygen atoms in total. The molecule has 1 saturated heterocycles. The first-order valence-electron chi connectivity index (χ1n) is 16.5. The summed E-state index contributed by atoms with van der Waals surface area (Å²) in [5, 5.41) is 57.6. The molecule has 0 saturated carbocycles. The molecule has 6 atom stereocenters. The fraction of sp³-hybridized carbons (Fsp3) is 0.389. The second-order valence-electron chi connectivity index (χ2n) is 13.2. The second-order valence-corrected chi connectivity index (χ2v) is 13.6. The summed E-state index contributed by atoms with van der Waals surface area (Å²) >= 11 is 5.40. The highest BCUT2D eigenvalue weighted by atomic mass is 32.1. The lowest BCUT2D eigenvalue weighted by Crippen LogP contribution is -2.49. The van der Waals surface area contributed by atoms with Crippen LogP contribution in [-0.2, 0) is 22.4 Å². The number of hydrogen-bond donors (Lipinski definition) is 6. The quantitative estimate of drug-likeness (QED) is 0.0286. The molecule has 1 aliphatic heterocycles. The molecule has 3 aromatic carbocycles. The molecule has 0 bridgehead atoms. The third-order valence-electron chi connectivity index (χ3n) is 9.84. The van der Waals surface area contributed by atoms with Gasteiger partial charge in [-0.15, -0.1) is 0 Å². The fourth-order valence-corrected chi connectivity index (χ4v) is 7.07. The number of benzene rings is 3. The molecular formula is C36H38N6O9S. The van der Waals surface area contributed by atoms with E-state index in [9.17, 15) is 30.0 Å². The van der Waals surface area contributed by atoms with Crippen molar-refractivity contribution in [2.75, 3.05) is 7.11 Å². The minimum Gasteiger partial charge on any atom is -0.507 e. The smallest absolute Gasteiger partial charge is 0.202 e. The van der Waals surface area contributed by atoms with Gasteiger partial charge in [0.2, 0.25) is 5.78 Å². The molecule has 2 aliphatic carbocycles. The molecule has 3 aromatic rings. The number of hydrogen-bond acceptors (Lipinski definition) is 12. The van der Waals surface area contributed by atoms with E-state index in [0.29, 0.717) is 6.54 Å². The number of ether oxygens (including phenoxy) is 3. The maximum atomic E-state index is 14.0. The summed E-state index contributed by atoms with van der Waals surface area (Å²) in [6.07, 6.45) is -5.05. The van der Waals surface area contributed by atoms with Crippen LogP contribution >= 0.6 is 12.2 Å². The number of methoxy groups -OCH3 is 1. The van der Waals surface area contributed by atoms with Gasteiger partial charge in [-0.25, -0.2) is 0 Å². The third-order valence-corrected chi connectivity index (χ3v) is 10.1. The number of fused-ring (bicyclic) bond motifs is 3. The number of ketones is 2. The first kappa shape index (κ1) is 36.7. The van der Waals surface area contributed by atoms with E-state index in [1.54, 1.807) is 6.92 Å². The molecule has 3 aliphatic rings. The Bertz CT molecular complexity index is 2030.